The van der Waals surface area contributed by atoms with Crippen LogP contribution in [0.15, 0.2) is 42.5 Å². The molecule has 1 N–H and O–H groups in total. The number of hydrogen-bond acceptors (Lipinski definition) is 5. The molecule has 2 aromatic carbocycles. The second-order valence-corrected chi connectivity index (χ2v) is 11.9. The number of anilines is 1. The van der Waals surface area contributed by atoms with Crippen LogP contribution in [0.5, 0.6) is 5.75 Å². The van der Waals surface area contributed by atoms with Crippen LogP contribution in [0.25, 0.3) is 0 Å². The minimum atomic E-state index is -3.59. The van der Waals surface area contributed by atoms with Crippen LogP contribution in [-0.4, -0.2) is 56.6 Å². The third-order valence-electron chi connectivity index (χ3n) is 5.74. The molecule has 38 heavy (non-hydrogen) atoms. The molecule has 0 aliphatic rings. The molecule has 0 saturated heterocycles. The standard InChI is InChI=1S/C27H37Cl2N3O5S/c1-6-25(27(34)30-19(3)4)31(18-20-10-15-23(28)24(29)17-20)26(33)9-8-16-32(38(5,35)36)21-11-13-22(14-12-21)37-7-2/h10-15,17,19,25H,6-9,16,18H2,1-5H3,(H,30,34)/t25-/m1/s1. The Morgan fingerprint density at radius 2 is 1.68 bits per heavy atom. The molecule has 2 amide bonds. The number of carbonyl (C=O) groups is 2. The van der Waals surface area contributed by atoms with Gasteiger partial charge in [-0.15, -0.1) is 0 Å². The summed E-state index contributed by atoms with van der Waals surface area (Å²) in [5.74, 6) is 0.133. The molecule has 0 fully saturated rings. The first-order valence-corrected chi connectivity index (χ1v) is 15.2. The van der Waals surface area contributed by atoms with Crippen LogP contribution in [0.3, 0.4) is 0 Å². The highest BCUT2D eigenvalue weighted by Gasteiger charge is 2.29. The van der Waals surface area contributed by atoms with Crippen LogP contribution in [-0.2, 0) is 26.2 Å². The van der Waals surface area contributed by atoms with Gasteiger partial charge in [0, 0.05) is 25.6 Å². The maximum Gasteiger partial charge on any atom is 0.243 e. The maximum absolute atomic E-state index is 13.5. The quantitative estimate of drug-likeness (QED) is 0.326. The summed E-state index contributed by atoms with van der Waals surface area (Å²) in [6.07, 6.45) is 1.85. The van der Waals surface area contributed by atoms with E-state index in [0.717, 1.165) is 11.8 Å². The number of nitrogens with one attached hydrogen (secondary N) is 1. The van der Waals surface area contributed by atoms with E-state index in [9.17, 15) is 18.0 Å². The molecule has 2 rings (SSSR count). The van der Waals surface area contributed by atoms with Crippen LogP contribution in [0.1, 0.15) is 52.5 Å². The van der Waals surface area contributed by atoms with E-state index < -0.39 is 16.1 Å². The molecule has 0 radical (unpaired) electrons. The maximum atomic E-state index is 13.5. The van der Waals surface area contributed by atoms with Gasteiger partial charge < -0.3 is 15.0 Å². The van der Waals surface area contributed by atoms with Crippen molar-refractivity contribution in [2.45, 2.75) is 65.6 Å². The number of hydrogen-bond donors (Lipinski definition) is 1. The van der Waals surface area contributed by atoms with E-state index in [1.54, 1.807) is 42.5 Å². The van der Waals surface area contributed by atoms with Crippen molar-refractivity contribution in [3.8, 4) is 5.75 Å². The van der Waals surface area contributed by atoms with Crippen LogP contribution in [0.4, 0.5) is 5.69 Å². The number of carbonyl (C=O) groups excluding carboxylic acids is 2. The molecule has 0 heterocycles. The summed E-state index contributed by atoms with van der Waals surface area (Å²) in [5.41, 5.74) is 1.22. The van der Waals surface area contributed by atoms with Crippen molar-refractivity contribution >= 4 is 50.7 Å². The van der Waals surface area contributed by atoms with Crippen LogP contribution in [0.2, 0.25) is 10.0 Å². The Hall–Kier alpha value is -2.49. The molecule has 210 valence electrons. The SMILES string of the molecule is CCOc1ccc(N(CCCC(=O)N(Cc2ccc(Cl)c(Cl)c2)[C@H](CC)C(=O)NC(C)C)S(C)(=O)=O)cc1. The van der Waals surface area contributed by atoms with Crippen LogP contribution < -0.4 is 14.4 Å². The monoisotopic (exact) mass is 585 g/mol. The van der Waals surface area contributed by atoms with Gasteiger partial charge in [-0.1, -0.05) is 36.2 Å². The van der Waals surface area contributed by atoms with E-state index in [2.05, 4.69) is 5.32 Å². The smallest absolute Gasteiger partial charge is 0.243 e. The fraction of sp³-hybridized carbons (Fsp3) is 0.481. The van der Waals surface area contributed by atoms with Gasteiger partial charge in [0.25, 0.3) is 0 Å². The Balaban J connectivity index is 2.23. The second-order valence-electron chi connectivity index (χ2n) is 9.22. The van der Waals surface area contributed by atoms with E-state index in [-0.39, 0.29) is 43.8 Å². The Morgan fingerprint density at radius 3 is 2.21 bits per heavy atom. The summed E-state index contributed by atoms with van der Waals surface area (Å²) in [6, 6.07) is 11.1. The number of nitrogens with zero attached hydrogens (tertiary/aromatic N) is 2. The fourth-order valence-electron chi connectivity index (χ4n) is 4.01. The number of ether oxygens (including phenoxy) is 1. The molecule has 0 saturated carbocycles. The molecular formula is C27H37Cl2N3O5S. The van der Waals surface area contributed by atoms with Crippen molar-refractivity contribution in [1.29, 1.82) is 0 Å². The average molecular weight is 587 g/mol. The zero-order chi connectivity index (χ0) is 28.5. The van der Waals surface area contributed by atoms with E-state index in [0.29, 0.717) is 34.5 Å². The molecule has 0 bridgehead atoms. The second kappa shape index (κ2) is 14.6. The van der Waals surface area contributed by atoms with Gasteiger partial charge in [0.15, 0.2) is 0 Å². The molecule has 0 aliphatic carbocycles. The van der Waals surface area contributed by atoms with E-state index in [1.807, 2.05) is 27.7 Å². The first-order chi connectivity index (χ1) is 17.9. The highest BCUT2D eigenvalue weighted by molar-refractivity contribution is 7.92. The predicted octanol–water partition coefficient (Wildman–Crippen LogP) is 5.27. The average Bonchev–Trinajstić information content (AvgIpc) is 2.83. The Labute approximate surface area is 236 Å². The van der Waals surface area contributed by atoms with Crippen molar-refractivity contribution in [3.63, 3.8) is 0 Å². The first-order valence-electron chi connectivity index (χ1n) is 12.6. The molecule has 1 atom stereocenters. The predicted molar refractivity (Wildman–Crippen MR) is 153 cm³/mol. The summed E-state index contributed by atoms with van der Waals surface area (Å²) < 4.78 is 31.7. The summed E-state index contributed by atoms with van der Waals surface area (Å²) >= 11 is 12.2. The van der Waals surface area contributed by atoms with Gasteiger partial charge >= 0.3 is 0 Å². The third-order valence-corrected chi connectivity index (χ3v) is 7.67. The zero-order valence-corrected chi connectivity index (χ0v) is 24.9. The molecule has 0 aliphatic heterocycles. The molecule has 8 nitrogen and oxygen atoms in total. The van der Waals surface area contributed by atoms with E-state index in [1.165, 1.54) is 9.21 Å². The number of amides is 2. The minimum Gasteiger partial charge on any atom is -0.494 e. The largest absolute Gasteiger partial charge is 0.494 e. The van der Waals surface area contributed by atoms with Gasteiger partial charge in [-0.05, 0) is 75.6 Å². The van der Waals surface area contributed by atoms with Gasteiger partial charge in [0.1, 0.15) is 11.8 Å². The van der Waals surface area contributed by atoms with Crippen LogP contribution in [0, 0.1) is 0 Å². The minimum absolute atomic E-state index is 0.0514. The lowest BCUT2D eigenvalue weighted by molar-refractivity contribution is -0.141. The Bertz CT molecular complexity index is 1190. The lowest BCUT2D eigenvalue weighted by Gasteiger charge is -2.31. The molecule has 11 heteroatoms. The van der Waals surface area contributed by atoms with Gasteiger partial charge in [-0.2, -0.15) is 0 Å². The summed E-state index contributed by atoms with van der Waals surface area (Å²) in [6.45, 7) is 8.20. The normalized spacial score (nSPS) is 12.2. The number of sulfonamides is 1. The van der Waals surface area contributed by atoms with Gasteiger partial charge in [0.2, 0.25) is 21.8 Å². The van der Waals surface area contributed by atoms with E-state index >= 15 is 0 Å². The third kappa shape index (κ3) is 9.36. The molecule has 0 aromatic heterocycles. The lowest BCUT2D eigenvalue weighted by atomic mass is 10.1. The van der Waals surface area contributed by atoms with Crippen molar-refractivity contribution in [1.82, 2.24) is 10.2 Å². The summed E-state index contributed by atoms with van der Waals surface area (Å²) in [7, 11) is -3.59. The Kier molecular flexibility index (Phi) is 12.2. The lowest BCUT2D eigenvalue weighted by Crippen LogP contribution is -2.50. The van der Waals surface area contributed by atoms with E-state index in [4.69, 9.17) is 27.9 Å². The van der Waals surface area contributed by atoms with Crippen LogP contribution >= 0.6 is 23.2 Å². The van der Waals surface area contributed by atoms with Crippen molar-refractivity contribution in [2.75, 3.05) is 23.7 Å². The summed E-state index contributed by atoms with van der Waals surface area (Å²) in [5, 5.41) is 3.64. The first kappa shape index (κ1) is 31.7. The number of halogens is 2. The van der Waals surface area contributed by atoms with Gasteiger partial charge in [-0.25, -0.2) is 8.42 Å². The van der Waals surface area contributed by atoms with Crippen molar-refractivity contribution < 1.29 is 22.7 Å². The topological polar surface area (TPSA) is 96.0 Å². The van der Waals surface area contributed by atoms with Gasteiger partial charge in [-0.3, -0.25) is 13.9 Å². The fourth-order valence-corrected chi connectivity index (χ4v) is 5.30. The van der Waals surface area contributed by atoms with Crippen molar-refractivity contribution in [2.24, 2.45) is 0 Å². The number of benzene rings is 2. The molecular weight excluding hydrogens is 549 g/mol. The highest BCUT2D eigenvalue weighted by Crippen LogP contribution is 2.25. The number of rotatable bonds is 14. The highest BCUT2D eigenvalue weighted by atomic mass is 35.5. The van der Waals surface area contributed by atoms with Crippen molar-refractivity contribution in [3.05, 3.63) is 58.1 Å². The molecule has 2 aromatic rings. The summed E-state index contributed by atoms with van der Waals surface area (Å²) in [4.78, 5) is 28.0. The van der Waals surface area contributed by atoms with Gasteiger partial charge in [0.05, 0.1) is 28.6 Å². The molecule has 0 spiro atoms. The zero-order valence-electron chi connectivity index (χ0n) is 22.5. The Morgan fingerprint density at radius 1 is 1.03 bits per heavy atom. The molecule has 0 unspecified atom stereocenters.